The number of guanidine groups is 1. The summed E-state index contributed by atoms with van der Waals surface area (Å²) in [5, 5.41) is 9.76. The van der Waals surface area contributed by atoms with E-state index in [4.69, 9.17) is 4.74 Å². The molecule has 3 rings (SSSR count). The molecule has 1 aliphatic carbocycles. The Bertz CT molecular complexity index is 780. The van der Waals surface area contributed by atoms with Crippen LogP contribution in [0, 0.1) is 0 Å². The molecule has 1 aliphatic rings. The summed E-state index contributed by atoms with van der Waals surface area (Å²) in [5.74, 6) is 0.794. The molecule has 0 spiro atoms. The standard InChI is InChI=1S/C21H31N5OS.HI/c1-22-20(24-14-17-15-28-21(25-17)26(2)3)23-12-7-13-27-19-11-6-9-16-8-4-5-10-18(16)19;/h4-5,8,10,15,19H,6-7,9,11-14H2,1-3H3,(H2,22,23,24);1H. The molecule has 0 amide bonds. The Morgan fingerprint density at radius 3 is 2.90 bits per heavy atom. The van der Waals surface area contributed by atoms with Gasteiger partial charge in [-0.1, -0.05) is 24.3 Å². The minimum atomic E-state index is 0. The van der Waals surface area contributed by atoms with Gasteiger partial charge in [0, 0.05) is 39.7 Å². The molecule has 2 aromatic rings. The zero-order chi connectivity index (χ0) is 19.8. The molecule has 2 N–H and O–H groups in total. The van der Waals surface area contributed by atoms with Crippen LogP contribution in [0.5, 0.6) is 0 Å². The molecule has 0 aliphatic heterocycles. The normalized spacial score (nSPS) is 16.0. The summed E-state index contributed by atoms with van der Waals surface area (Å²) in [6, 6.07) is 8.67. The molecular formula is C21H32IN5OS. The quantitative estimate of drug-likeness (QED) is 0.235. The summed E-state index contributed by atoms with van der Waals surface area (Å²) in [6.07, 6.45) is 4.70. The average molecular weight is 529 g/mol. The predicted octanol–water partition coefficient (Wildman–Crippen LogP) is 3.98. The van der Waals surface area contributed by atoms with E-state index in [1.54, 1.807) is 18.4 Å². The van der Waals surface area contributed by atoms with Crippen molar-refractivity contribution >= 4 is 46.4 Å². The van der Waals surface area contributed by atoms with Gasteiger partial charge >= 0.3 is 0 Å². The zero-order valence-corrected chi connectivity index (χ0v) is 20.6. The second-order valence-corrected chi connectivity index (χ2v) is 8.01. The van der Waals surface area contributed by atoms with E-state index in [9.17, 15) is 0 Å². The van der Waals surface area contributed by atoms with Gasteiger partial charge in [0.25, 0.3) is 0 Å². The van der Waals surface area contributed by atoms with Crippen LogP contribution in [0.3, 0.4) is 0 Å². The first-order valence-corrected chi connectivity index (χ1v) is 10.8. The minimum absolute atomic E-state index is 0. The molecule has 1 aromatic heterocycles. The van der Waals surface area contributed by atoms with E-state index in [1.165, 1.54) is 24.0 Å². The van der Waals surface area contributed by atoms with Gasteiger partial charge in [0.2, 0.25) is 0 Å². The molecule has 0 radical (unpaired) electrons. The number of halogens is 1. The number of anilines is 1. The van der Waals surface area contributed by atoms with Crippen molar-refractivity contribution in [2.24, 2.45) is 4.99 Å². The number of nitrogens with one attached hydrogen (secondary N) is 2. The molecule has 1 aromatic carbocycles. The summed E-state index contributed by atoms with van der Waals surface area (Å²) < 4.78 is 6.17. The van der Waals surface area contributed by atoms with Crippen molar-refractivity contribution < 1.29 is 4.74 Å². The number of fused-ring (bicyclic) bond motifs is 1. The van der Waals surface area contributed by atoms with E-state index in [0.717, 1.165) is 42.8 Å². The molecule has 160 valence electrons. The molecule has 29 heavy (non-hydrogen) atoms. The van der Waals surface area contributed by atoms with E-state index in [2.05, 4.69) is 50.3 Å². The van der Waals surface area contributed by atoms with Crippen LogP contribution in [0.4, 0.5) is 5.13 Å². The predicted molar refractivity (Wildman–Crippen MR) is 133 cm³/mol. The first kappa shape index (κ1) is 23.9. The maximum atomic E-state index is 6.17. The number of thiazole rings is 1. The molecule has 0 bridgehead atoms. The lowest BCUT2D eigenvalue weighted by atomic mass is 9.89. The van der Waals surface area contributed by atoms with Crippen LogP contribution in [-0.4, -0.2) is 45.2 Å². The third kappa shape index (κ3) is 7.11. The van der Waals surface area contributed by atoms with Crippen molar-refractivity contribution in [2.45, 2.75) is 38.3 Å². The number of nitrogens with zero attached hydrogens (tertiary/aromatic N) is 3. The summed E-state index contributed by atoms with van der Waals surface area (Å²) in [5.41, 5.74) is 3.84. The van der Waals surface area contributed by atoms with Crippen LogP contribution >= 0.6 is 35.3 Å². The van der Waals surface area contributed by atoms with Crippen molar-refractivity contribution in [3.63, 3.8) is 0 Å². The van der Waals surface area contributed by atoms with Crippen LogP contribution in [0.2, 0.25) is 0 Å². The van der Waals surface area contributed by atoms with Gasteiger partial charge in [0.15, 0.2) is 11.1 Å². The van der Waals surface area contributed by atoms with Crippen LogP contribution in [-0.2, 0) is 17.7 Å². The number of rotatable bonds is 8. The van der Waals surface area contributed by atoms with Gasteiger partial charge in [0.05, 0.1) is 18.3 Å². The Labute approximate surface area is 195 Å². The van der Waals surface area contributed by atoms with E-state index in [0.29, 0.717) is 6.54 Å². The number of aliphatic imine (C=N–C) groups is 1. The monoisotopic (exact) mass is 529 g/mol. The summed E-state index contributed by atoms with van der Waals surface area (Å²) in [6.45, 7) is 2.24. The molecule has 0 saturated heterocycles. The number of benzene rings is 1. The highest BCUT2D eigenvalue weighted by Gasteiger charge is 2.19. The van der Waals surface area contributed by atoms with E-state index in [1.807, 2.05) is 19.0 Å². The highest BCUT2D eigenvalue weighted by atomic mass is 127. The zero-order valence-electron chi connectivity index (χ0n) is 17.5. The maximum Gasteiger partial charge on any atom is 0.191 e. The molecule has 1 heterocycles. The average Bonchev–Trinajstić information content (AvgIpc) is 3.19. The van der Waals surface area contributed by atoms with Gasteiger partial charge in [-0.15, -0.1) is 35.3 Å². The van der Waals surface area contributed by atoms with Gasteiger partial charge in [-0.25, -0.2) is 4.98 Å². The number of hydrogen-bond acceptors (Lipinski definition) is 5. The Morgan fingerprint density at radius 2 is 2.14 bits per heavy atom. The van der Waals surface area contributed by atoms with E-state index >= 15 is 0 Å². The number of aryl methyl sites for hydroxylation is 1. The van der Waals surface area contributed by atoms with E-state index < -0.39 is 0 Å². The Balaban J connectivity index is 0.00000300. The van der Waals surface area contributed by atoms with Gasteiger partial charge in [0.1, 0.15) is 0 Å². The lowest BCUT2D eigenvalue weighted by molar-refractivity contribution is 0.0398. The number of aromatic nitrogens is 1. The lowest BCUT2D eigenvalue weighted by Crippen LogP contribution is -2.37. The summed E-state index contributed by atoms with van der Waals surface area (Å²) in [4.78, 5) is 10.9. The van der Waals surface area contributed by atoms with Crippen molar-refractivity contribution in [3.05, 3.63) is 46.5 Å². The van der Waals surface area contributed by atoms with Crippen molar-refractivity contribution in [3.8, 4) is 0 Å². The molecule has 6 nitrogen and oxygen atoms in total. The minimum Gasteiger partial charge on any atom is -0.373 e. The van der Waals surface area contributed by atoms with Gasteiger partial charge in [-0.3, -0.25) is 4.99 Å². The lowest BCUT2D eigenvalue weighted by Gasteiger charge is -2.25. The Morgan fingerprint density at radius 1 is 1.31 bits per heavy atom. The number of hydrogen-bond donors (Lipinski definition) is 2. The molecule has 0 saturated carbocycles. The van der Waals surface area contributed by atoms with Crippen LogP contribution < -0.4 is 15.5 Å². The topological polar surface area (TPSA) is 61.8 Å². The first-order chi connectivity index (χ1) is 13.7. The SMILES string of the molecule is CN=C(NCCCOC1CCCc2ccccc21)NCc1csc(N(C)C)n1.I. The molecule has 0 fully saturated rings. The van der Waals surface area contributed by atoms with Gasteiger partial charge < -0.3 is 20.3 Å². The second-order valence-electron chi connectivity index (χ2n) is 7.17. The van der Waals surface area contributed by atoms with Crippen LogP contribution in [0.1, 0.15) is 42.2 Å². The maximum absolute atomic E-state index is 6.17. The van der Waals surface area contributed by atoms with Crippen molar-refractivity contribution in [2.75, 3.05) is 39.2 Å². The second kappa shape index (κ2) is 12.3. The van der Waals surface area contributed by atoms with Crippen LogP contribution in [0.15, 0.2) is 34.6 Å². The first-order valence-electron chi connectivity index (χ1n) is 9.93. The third-order valence-electron chi connectivity index (χ3n) is 4.83. The van der Waals surface area contributed by atoms with Crippen molar-refractivity contribution in [1.29, 1.82) is 0 Å². The third-order valence-corrected chi connectivity index (χ3v) is 5.89. The molecular weight excluding hydrogens is 497 g/mol. The smallest absolute Gasteiger partial charge is 0.191 e. The Kier molecular flexibility index (Phi) is 10.2. The largest absolute Gasteiger partial charge is 0.373 e. The summed E-state index contributed by atoms with van der Waals surface area (Å²) in [7, 11) is 5.80. The van der Waals surface area contributed by atoms with Crippen LogP contribution in [0.25, 0.3) is 0 Å². The fourth-order valence-electron chi connectivity index (χ4n) is 3.36. The molecule has 8 heteroatoms. The molecule has 1 unspecified atom stereocenters. The highest BCUT2D eigenvalue weighted by Crippen LogP contribution is 2.32. The van der Waals surface area contributed by atoms with Gasteiger partial charge in [-0.05, 0) is 36.8 Å². The van der Waals surface area contributed by atoms with Crippen molar-refractivity contribution in [1.82, 2.24) is 15.6 Å². The Hall–Kier alpha value is -1.39. The highest BCUT2D eigenvalue weighted by molar-refractivity contribution is 14.0. The summed E-state index contributed by atoms with van der Waals surface area (Å²) >= 11 is 1.65. The van der Waals surface area contributed by atoms with Gasteiger partial charge in [-0.2, -0.15) is 0 Å². The molecule has 1 atom stereocenters. The fraction of sp³-hybridized carbons (Fsp3) is 0.524. The van der Waals surface area contributed by atoms with E-state index in [-0.39, 0.29) is 30.1 Å². The number of ether oxygens (including phenoxy) is 1. The fourth-order valence-corrected chi connectivity index (χ4v) is 4.12.